The lowest BCUT2D eigenvalue weighted by atomic mass is 9.64. The van der Waals surface area contributed by atoms with E-state index in [0.717, 1.165) is 19.1 Å². The molecule has 6 rings (SSSR count). The van der Waals surface area contributed by atoms with Gasteiger partial charge >= 0.3 is 6.03 Å². The average Bonchev–Trinajstić information content (AvgIpc) is 3.20. The van der Waals surface area contributed by atoms with Crippen molar-refractivity contribution in [1.82, 2.24) is 29.6 Å². The van der Waals surface area contributed by atoms with Crippen LogP contribution in [0.25, 0.3) is 11.4 Å². The average molecular weight is 502 g/mol. The quantitative estimate of drug-likeness (QED) is 0.582. The zero-order valence-corrected chi connectivity index (χ0v) is 20.5. The third kappa shape index (κ3) is 3.82. The number of aromatic nitrogens is 5. The summed E-state index contributed by atoms with van der Waals surface area (Å²) in [5.41, 5.74) is 0.519. The fourth-order valence-corrected chi connectivity index (χ4v) is 5.82. The number of urea groups is 1. The van der Waals surface area contributed by atoms with Crippen molar-refractivity contribution in [3.05, 3.63) is 47.8 Å². The number of halogens is 1. The van der Waals surface area contributed by atoms with Crippen LogP contribution < -0.4 is 5.32 Å². The fourth-order valence-electron chi connectivity index (χ4n) is 5.13. The van der Waals surface area contributed by atoms with E-state index in [1.807, 2.05) is 0 Å². The lowest BCUT2D eigenvalue weighted by molar-refractivity contribution is -0.100. The maximum atomic E-state index is 13.5. The van der Waals surface area contributed by atoms with Crippen LogP contribution in [0, 0.1) is 5.92 Å². The van der Waals surface area contributed by atoms with E-state index in [1.165, 1.54) is 12.4 Å². The summed E-state index contributed by atoms with van der Waals surface area (Å²) in [7, 11) is -1.64. The maximum Gasteiger partial charge on any atom is 0.322 e. The molecule has 3 atom stereocenters. The second-order valence-corrected chi connectivity index (χ2v) is 11.6. The third-order valence-corrected chi connectivity index (χ3v) is 7.91. The van der Waals surface area contributed by atoms with Gasteiger partial charge in [0.25, 0.3) is 0 Å². The van der Waals surface area contributed by atoms with Crippen LogP contribution in [0.2, 0.25) is 5.02 Å². The van der Waals surface area contributed by atoms with Crippen molar-refractivity contribution in [3.8, 4) is 11.4 Å². The molecule has 2 aromatic heterocycles. The van der Waals surface area contributed by atoms with Crippen molar-refractivity contribution in [3.63, 3.8) is 0 Å². The normalized spacial score (nSPS) is 23.9. The monoisotopic (exact) mass is 501 g/mol. The van der Waals surface area contributed by atoms with Crippen molar-refractivity contribution in [2.24, 2.45) is 13.0 Å². The first-order valence-electron chi connectivity index (χ1n) is 10.9. The second-order valence-electron chi connectivity index (χ2n) is 9.19. The molecule has 2 bridgehead atoms. The van der Waals surface area contributed by atoms with Crippen LogP contribution in [0.1, 0.15) is 32.0 Å². The molecule has 0 radical (unpaired) electrons. The molecule has 2 saturated heterocycles. The molecule has 3 aliphatic rings. The number of nitrogens with zero attached hydrogens (tertiary/aromatic N) is 6. The highest BCUT2D eigenvalue weighted by Gasteiger charge is 2.60. The summed E-state index contributed by atoms with van der Waals surface area (Å²) in [5, 5.41) is 7.75. The molecular formula is C22H24ClN7O3S. The number of hydrogen-bond donors (Lipinski definition) is 1. The highest BCUT2D eigenvalue weighted by molar-refractivity contribution is 7.90. The number of carbonyl (C=O) groups excluding carboxylic acids is 1. The Kier molecular flexibility index (Phi) is 5.36. The summed E-state index contributed by atoms with van der Waals surface area (Å²) < 4.78 is 25.2. The summed E-state index contributed by atoms with van der Waals surface area (Å²) in [5.74, 6) is 1.32. The Labute approximate surface area is 202 Å². The van der Waals surface area contributed by atoms with E-state index >= 15 is 0 Å². The van der Waals surface area contributed by atoms with E-state index < -0.39 is 15.4 Å². The van der Waals surface area contributed by atoms with Gasteiger partial charge in [0.05, 0.1) is 5.02 Å². The zero-order chi connectivity index (χ0) is 24.3. The number of carbonyl (C=O) groups is 1. The van der Waals surface area contributed by atoms with E-state index in [9.17, 15) is 13.2 Å². The fraction of sp³-hybridized carbons (Fsp3) is 0.409. The van der Waals surface area contributed by atoms with E-state index in [1.54, 1.807) is 41.2 Å². The van der Waals surface area contributed by atoms with Crippen LogP contribution in [-0.4, -0.2) is 56.4 Å². The Bertz CT molecular complexity index is 1380. The Balaban J connectivity index is 1.43. The topological polar surface area (TPSA) is 123 Å². The van der Waals surface area contributed by atoms with Gasteiger partial charge in [-0.15, -0.1) is 0 Å². The van der Waals surface area contributed by atoms with Crippen molar-refractivity contribution in [2.45, 2.75) is 42.7 Å². The summed E-state index contributed by atoms with van der Waals surface area (Å²) in [6.45, 7) is 2.15. The molecule has 0 unspecified atom stereocenters. The molecule has 10 nitrogen and oxygen atoms in total. The van der Waals surface area contributed by atoms with Crippen LogP contribution in [0.5, 0.6) is 0 Å². The molecule has 1 aromatic carbocycles. The van der Waals surface area contributed by atoms with E-state index in [-0.39, 0.29) is 17.0 Å². The van der Waals surface area contributed by atoms with Gasteiger partial charge in [0, 0.05) is 43.0 Å². The van der Waals surface area contributed by atoms with Crippen molar-refractivity contribution >= 4 is 33.2 Å². The summed E-state index contributed by atoms with van der Waals surface area (Å²) >= 11 is 6.35. The van der Waals surface area contributed by atoms with E-state index in [0.29, 0.717) is 40.3 Å². The maximum absolute atomic E-state index is 13.5. The summed E-state index contributed by atoms with van der Waals surface area (Å²) in [4.78, 5) is 28.3. The first-order valence-corrected chi connectivity index (χ1v) is 13.1. The molecule has 1 N–H and O–H groups in total. The lowest BCUT2D eigenvalue weighted by Gasteiger charge is -2.62. The number of hydrogen-bond acceptors (Lipinski definition) is 7. The summed E-state index contributed by atoms with van der Waals surface area (Å²) in [6, 6.07) is 4.98. The first-order chi connectivity index (χ1) is 16.1. The standard InChI is InChI=1S/C22H24ClN7O3S/c1-13-6-15-9-22(8-13,20-24-10-16(11-25-20)34(3,32)33)30(15)21(31)27-14-4-5-18(23)17(7-14)19-26-12-29(2)28-19/h4-5,7,10-13,15H,6,8-9H2,1-3H3,(H,27,31)/t13-,15-,22+/m1/s1. The highest BCUT2D eigenvalue weighted by atomic mass is 35.5. The van der Waals surface area contributed by atoms with Gasteiger partial charge < -0.3 is 10.2 Å². The number of rotatable bonds is 4. The van der Waals surface area contributed by atoms with Crippen LogP contribution in [0.15, 0.2) is 41.8 Å². The number of benzene rings is 1. The van der Waals surface area contributed by atoms with Gasteiger partial charge in [0.15, 0.2) is 21.5 Å². The Morgan fingerprint density at radius 1 is 1.21 bits per heavy atom. The number of piperidine rings is 1. The van der Waals surface area contributed by atoms with Gasteiger partial charge in [-0.3, -0.25) is 4.68 Å². The van der Waals surface area contributed by atoms with Gasteiger partial charge in [-0.2, -0.15) is 5.10 Å². The minimum absolute atomic E-state index is 0.0557. The minimum Gasteiger partial charge on any atom is -0.308 e. The van der Waals surface area contributed by atoms with Crippen LogP contribution in [0.4, 0.5) is 10.5 Å². The minimum atomic E-state index is -3.41. The van der Waals surface area contributed by atoms with Gasteiger partial charge in [-0.25, -0.2) is 28.2 Å². The van der Waals surface area contributed by atoms with Crippen LogP contribution >= 0.6 is 11.6 Å². The SMILES string of the molecule is C[C@@H]1C[C@@H]2C[C@](c3ncc(S(C)(=O)=O)cn3)(C1)N2C(=O)Nc1ccc(Cl)c(-c2ncn(C)n2)c1. The molecule has 3 aromatic rings. The van der Waals surface area contributed by atoms with Gasteiger partial charge in [0.1, 0.15) is 16.8 Å². The van der Waals surface area contributed by atoms with Crippen molar-refractivity contribution in [2.75, 3.05) is 11.6 Å². The largest absolute Gasteiger partial charge is 0.322 e. The van der Waals surface area contributed by atoms with Crippen LogP contribution in [-0.2, 0) is 22.4 Å². The Morgan fingerprint density at radius 3 is 2.59 bits per heavy atom. The van der Waals surface area contributed by atoms with Crippen molar-refractivity contribution in [1.29, 1.82) is 0 Å². The van der Waals surface area contributed by atoms with E-state index in [2.05, 4.69) is 32.3 Å². The predicted octanol–water partition coefficient (Wildman–Crippen LogP) is 3.26. The van der Waals surface area contributed by atoms with Crippen LogP contribution in [0.3, 0.4) is 0 Å². The predicted molar refractivity (Wildman–Crippen MR) is 126 cm³/mol. The molecule has 4 heterocycles. The number of amides is 2. The highest BCUT2D eigenvalue weighted by Crippen LogP contribution is 2.55. The third-order valence-electron chi connectivity index (χ3n) is 6.51. The first kappa shape index (κ1) is 22.7. The van der Waals surface area contributed by atoms with E-state index in [4.69, 9.17) is 11.6 Å². The number of aryl methyl sites for hydroxylation is 1. The van der Waals surface area contributed by atoms with Gasteiger partial charge in [-0.1, -0.05) is 18.5 Å². The lowest BCUT2D eigenvalue weighted by Crippen LogP contribution is -2.70. The molecular weight excluding hydrogens is 478 g/mol. The Morgan fingerprint density at radius 2 is 1.94 bits per heavy atom. The zero-order valence-electron chi connectivity index (χ0n) is 18.9. The molecule has 3 fully saturated rings. The number of anilines is 1. The second kappa shape index (κ2) is 8.02. The smallest absolute Gasteiger partial charge is 0.308 e. The number of nitrogens with one attached hydrogen (secondary N) is 1. The van der Waals surface area contributed by atoms with Gasteiger partial charge in [0.2, 0.25) is 0 Å². The number of fused-ring (bicyclic) bond motifs is 2. The molecule has 178 valence electrons. The molecule has 0 spiro atoms. The number of sulfone groups is 1. The molecule has 12 heteroatoms. The molecule has 2 amide bonds. The van der Waals surface area contributed by atoms with Crippen molar-refractivity contribution < 1.29 is 13.2 Å². The molecule has 1 saturated carbocycles. The Hall–Kier alpha value is -3.05. The summed E-state index contributed by atoms with van der Waals surface area (Å²) in [6.07, 6.45) is 7.68. The molecule has 2 aliphatic heterocycles. The molecule has 1 aliphatic carbocycles. The molecule has 34 heavy (non-hydrogen) atoms. The van der Waals surface area contributed by atoms with Gasteiger partial charge in [-0.05, 0) is 43.4 Å².